The van der Waals surface area contributed by atoms with Crippen molar-refractivity contribution in [2.75, 3.05) is 0 Å². The first-order valence-electron chi connectivity index (χ1n) is 43.2. The summed E-state index contributed by atoms with van der Waals surface area (Å²) in [7, 11) is 0. The summed E-state index contributed by atoms with van der Waals surface area (Å²) in [5.41, 5.74) is 8.20. The second kappa shape index (κ2) is 56.8. The van der Waals surface area contributed by atoms with Crippen molar-refractivity contribution in [2.24, 2.45) is 11.8 Å². The van der Waals surface area contributed by atoms with Gasteiger partial charge in [-0.2, -0.15) is 0 Å². The highest BCUT2D eigenvalue weighted by Crippen LogP contribution is 2.33. The molecule has 11 aromatic rings. The Morgan fingerprint density at radius 3 is 0.820 bits per heavy atom. The van der Waals surface area contributed by atoms with Crippen molar-refractivity contribution >= 4 is 35.8 Å². The number of carbonyl (C=O) groups excluding carboxylic acids is 6. The predicted molar refractivity (Wildman–Crippen MR) is 487 cm³/mol. The Bertz CT molecular complexity index is 4860. The topological polar surface area (TPSA) is 259 Å². The first kappa shape index (κ1) is 105. The van der Waals surface area contributed by atoms with Crippen LogP contribution >= 0.6 is 0 Å². The Kier molecular flexibility index (Phi) is 46.4. The van der Waals surface area contributed by atoms with Gasteiger partial charge in [-0.15, -0.1) is 0 Å². The fourth-order valence-electron chi connectivity index (χ4n) is 13.5. The zero-order valence-corrected chi connectivity index (χ0v) is 74.6. The van der Waals surface area contributed by atoms with Crippen LogP contribution in [0.3, 0.4) is 0 Å². The van der Waals surface area contributed by atoms with E-state index in [4.69, 9.17) is 28.4 Å². The average molecular weight is 1760 g/mol. The summed E-state index contributed by atoms with van der Waals surface area (Å²) < 4.78 is 84.3. The van der Waals surface area contributed by atoms with E-state index in [2.05, 4.69) is 13.8 Å². The van der Waals surface area contributed by atoms with Gasteiger partial charge >= 0.3 is 35.8 Å². The first-order chi connectivity index (χ1) is 61.5. The van der Waals surface area contributed by atoms with Gasteiger partial charge in [0.1, 0.15) is 92.5 Å². The minimum atomic E-state index is -1.32. The maximum atomic E-state index is 13.1. The molecule has 0 aromatic heterocycles. The van der Waals surface area contributed by atoms with Crippen molar-refractivity contribution in [2.45, 2.75) is 213 Å². The normalized spacial score (nSPS) is 12.9. The van der Waals surface area contributed by atoms with Crippen molar-refractivity contribution in [3.63, 3.8) is 0 Å². The second-order valence-corrected chi connectivity index (χ2v) is 31.6. The van der Waals surface area contributed by atoms with Gasteiger partial charge in [-0.1, -0.05) is 322 Å². The molecule has 11 rings (SSSR count). The van der Waals surface area contributed by atoms with E-state index < -0.39 is 89.3 Å². The second-order valence-electron chi connectivity index (χ2n) is 31.6. The third-order valence-corrected chi connectivity index (χ3v) is 20.6. The van der Waals surface area contributed by atoms with E-state index in [1.54, 1.807) is 13.8 Å². The van der Waals surface area contributed by atoms with Crippen LogP contribution in [0.4, 0.5) is 17.6 Å². The van der Waals surface area contributed by atoms with Crippen molar-refractivity contribution in [1.82, 2.24) is 0 Å². The standard InChI is InChI=1S/2C19H21FO3.2C18H19FO3.C18H20O3.C15H22O2/c1-13-5-4-6-14(11-13)12-23-18(21)17(19(2,3)22)15-7-9-16(20)10-8-15;1-13(2)18(21)17(15-8-10-16(20)11-9-15)19(22)23-12-14-6-4-3-5-7-14;2*1-2-16(20)17(14-8-10-15(19)11-9-14)18(21)22-12-13-6-4-3-5-7-13;1-2-16(19)17(15-11-7-4-8-12-15)18(20)21-13-14-9-5-3-6-10-14;1-3-8-14(9-4-2)15(16)17-12-13-10-6-5-7-11-13/h4-11,17,22H,12H2,1-3H3;3-11,13,17-18,21H,12H2,1-2H3;2*3-11,16-17,20H,2,12H2,1H3;3-12,16-17,19H,2,13H2,1H3;5-7,10-11,14H,3-4,8-9,12H2,1-2H3/t;;2*16-,17?;;/m..10../s1. The van der Waals surface area contributed by atoms with Gasteiger partial charge in [-0.05, 0) is 169 Å². The molecule has 5 N–H and O–H groups in total. The van der Waals surface area contributed by atoms with Crippen LogP contribution in [0.1, 0.15) is 204 Å². The number of benzene rings is 11. The fourth-order valence-corrected chi connectivity index (χ4v) is 13.5. The number of esters is 6. The summed E-state index contributed by atoms with van der Waals surface area (Å²) in [6, 6.07) is 86.5. The number of carbonyl (C=O) groups is 6. The summed E-state index contributed by atoms with van der Waals surface area (Å²) >= 11 is 0. The highest BCUT2D eigenvalue weighted by molar-refractivity contribution is 5.82. The van der Waals surface area contributed by atoms with Crippen LogP contribution in [-0.2, 0) is 96.8 Å². The molecule has 0 saturated heterocycles. The third-order valence-electron chi connectivity index (χ3n) is 20.6. The molecule has 680 valence electrons. The minimum absolute atomic E-state index is 0.0439. The van der Waals surface area contributed by atoms with Crippen LogP contribution in [0, 0.1) is 42.0 Å². The summed E-state index contributed by atoms with van der Waals surface area (Å²) in [5, 5.41) is 51.1. The van der Waals surface area contributed by atoms with Crippen LogP contribution in [0.25, 0.3) is 0 Å². The Hall–Kier alpha value is -12.2. The summed E-state index contributed by atoms with van der Waals surface area (Å²) in [6.45, 7) is 19.5. The maximum Gasteiger partial charge on any atom is 0.316 e. The molecular formula is C107H122F4O17. The van der Waals surface area contributed by atoms with Crippen molar-refractivity contribution in [1.29, 1.82) is 0 Å². The van der Waals surface area contributed by atoms with Gasteiger partial charge in [-0.3, -0.25) is 28.8 Å². The molecule has 0 bridgehead atoms. The number of aliphatic hydroxyl groups excluding tert-OH is 4. The number of aliphatic hydroxyl groups is 5. The molecule has 9 atom stereocenters. The molecule has 0 radical (unpaired) electrons. The molecule has 11 aromatic carbocycles. The molecule has 0 heterocycles. The van der Waals surface area contributed by atoms with Gasteiger partial charge in [0.15, 0.2) is 0 Å². The van der Waals surface area contributed by atoms with Crippen molar-refractivity contribution in [3.05, 3.63) is 393 Å². The largest absolute Gasteiger partial charge is 0.461 e. The Morgan fingerprint density at radius 2 is 0.547 bits per heavy atom. The van der Waals surface area contributed by atoms with Crippen LogP contribution in [0.5, 0.6) is 0 Å². The molecule has 0 fully saturated rings. The lowest BCUT2D eigenvalue weighted by atomic mass is 9.85. The quantitative estimate of drug-likeness (QED) is 0.0139. The van der Waals surface area contributed by atoms with Crippen molar-refractivity contribution in [3.8, 4) is 0 Å². The average Bonchev–Trinajstić information content (AvgIpc) is 0.819. The van der Waals surface area contributed by atoms with Crippen LogP contribution in [0.15, 0.2) is 303 Å². The van der Waals surface area contributed by atoms with E-state index in [1.807, 2.05) is 234 Å². The fraction of sp³-hybridized carbons (Fsp3) is 0.327. The highest BCUT2D eigenvalue weighted by Gasteiger charge is 2.38. The summed E-state index contributed by atoms with van der Waals surface area (Å²) in [6.07, 6.45) is 1.87. The number of hydrogen-bond donors (Lipinski definition) is 5. The number of halogens is 4. The molecule has 128 heavy (non-hydrogen) atoms. The number of ether oxygens (including phenoxy) is 6. The first-order valence-corrected chi connectivity index (χ1v) is 43.2. The molecule has 0 aliphatic rings. The lowest BCUT2D eigenvalue weighted by Gasteiger charge is -2.28. The number of rotatable bonds is 36. The molecule has 17 nitrogen and oxygen atoms in total. The zero-order valence-electron chi connectivity index (χ0n) is 74.6. The third kappa shape index (κ3) is 37.0. The summed E-state index contributed by atoms with van der Waals surface area (Å²) in [5.74, 6) is -8.07. The Morgan fingerprint density at radius 1 is 0.305 bits per heavy atom. The van der Waals surface area contributed by atoms with Gasteiger partial charge in [-0.25, -0.2) is 17.6 Å². The molecular weight excluding hydrogens is 1630 g/mol. The van der Waals surface area contributed by atoms with Crippen molar-refractivity contribution < 1.29 is 100 Å². The molecule has 0 saturated carbocycles. The minimum Gasteiger partial charge on any atom is -0.461 e. The highest BCUT2D eigenvalue weighted by atomic mass is 19.1. The van der Waals surface area contributed by atoms with E-state index in [0.717, 1.165) is 70.2 Å². The van der Waals surface area contributed by atoms with Gasteiger partial charge in [0, 0.05) is 0 Å². The summed E-state index contributed by atoms with van der Waals surface area (Å²) in [4.78, 5) is 73.8. The van der Waals surface area contributed by atoms with Gasteiger partial charge in [0.25, 0.3) is 0 Å². The van der Waals surface area contributed by atoms with E-state index in [-0.39, 0.29) is 74.3 Å². The molecule has 0 spiro atoms. The molecule has 7 unspecified atom stereocenters. The van der Waals surface area contributed by atoms with Crippen LogP contribution in [0.2, 0.25) is 0 Å². The van der Waals surface area contributed by atoms with Crippen LogP contribution < -0.4 is 0 Å². The smallest absolute Gasteiger partial charge is 0.316 e. The molecule has 0 aliphatic heterocycles. The number of aryl methyl sites for hydroxylation is 1. The lowest BCUT2D eigenvalue weighted by Crippen LogP contribution is -2.35. The molecule has 0 amide bonds. The van der Waals surface area contributed by atoms with E-state index in [0.29, 0.717) is 48.1 Å². The Labute approximate surface area is 750 Å². The predicted octanol–water partition coefficient (Wildman–Crippen LogP) is 21.5. The van der Waals surface area contributed by atoms with E-state index in [9.17, 15) is 71.9 Å². The van der Waals surface area contributed by atoms with E-state index in [1.165, 1.54) is 111 Å². The lowest BCUT2D eigenvalue weighted by molar-refractivity contribution is -0.153. The SMILES string of the molecule is CC(C)C(O)C(C(=O)OCc1ccccc1)c1ccc(F)cc1.CCC(O)C(C(=O)OCc1ccccc1)c1ccccc1.CCCC(CCC)C(=O)OCc1ccccc1.CC[C@@H](O)C(C(=O)OCc1ccccc1)c1ccc(F)cc1.CC[C@H](O)C(C(=O)OCc1ccccc1)c1ccc(F)cc1.Cc1cccc(COC(=O)C(c2ccc(F)cc2)C(C)(C)O)c1. The van der Waals surface area contributed by atoms with Gasteiger partial charge in [0.05, 0.1) is 35.9 Å². The zero-order chi connectivity index (χ0) is 93.3. The van der Waals surface area contributed by atoms with E-state index >= 15 is 0 Å². The molecule has 21 heteroatoms. The number of hydrogen-bond acceptors (Lipinski definition) is 17. The monoisotopic (exact) mass is 1750 g/mol. The Balaban J connectivity index is 0.000000237. The van der Waals surface area contributed by atoms with Gasteiger partial charge < -0.3 is 54.0 Å². The van der Waals surface area contributed by atoms with Gasteiger partial charge in [0.2, 0.25) is 0 Å². The van der Waals surface area contributed by atoms with Crippen LogP contribution in [-0.4, -0.2) is 91.4 Å². The molecule has 0 aliphatic carbocycles. The maximum absolute atomic E-state index is 13.1.